The van der Waals surface area contributed by atoms with Crippen LogP contribution in [0.5, 0.6) is 11.5 Å². The fourth-order valence-corrected chi connectivity index (χ4v) is 3.92. The number of rotatable bonds is 15. The van der Waals surface area contributed by atoms with Crippen LogP contribution in [0.1, 0.15) is 10.4 Å². The number of ether oxygens (including phenoxy) is 6. The van der Waals surface area contributed by atoms with Crippen molar-refractivity contribution in [3.05, 3.63) is 73.3 Å². The van der Waals surface area contributed by atoms with E-state index in [-0.39, 0.29) is 32.0 Å². The summed E-state index contributed by atoms with van der Waals surface area (Å²) in [5, 5.41) is 12.0. The summed E-state index contributed by atoms with van der Waals surface area (Å²) in [5.41, 5.74) is 0.0391. The Hall–Kier alpha value is -4.41. The number of esters is 2. The van der Waals surface area contributed by atoms with Gasteiger partial charge in [-0.3, -0.25) is 0 Å². The maximum atomic E-state index is 11.8. The molecule has 0 aliphatic heterocycles. The molecular formula is C29H30O10. The number of carbonyl (C=O) groups is 3. The number of hydrogen-bond donors (Lipinski definition) is 1. The van der Waals surface area contributed by atoms with Crippen molar-refractivity contribution in [1.82, 2.24) is 0 Å². The number of carboxylic acid groups (broad SMARTS) is 1. The first kappa shape index (κ1) is 29.2. The van der Waals surface area contributed by atoms with Gasteiger partial charge in [-0.05, 0) is 18.2 Å². The Labute approximate surface area is 225 Å². The molecule has 3 aromatic rings. The van der Waals surface area contributed by atoms with Crippen molar-refractivity contribution in [2.24, 2.45) is 0 Å². The number of benzene rings is 3. The van der Waals surface area contributed by atoms with Gasteiger partial charge in [0.1, 0.15) is 24.7 Å². The second kappa shape index (κ2) is 13.9. The number of hydrogen-bond acceptors (Lipinski definition) is 9. The molecule has 0 saturated heterocycles. The van der Waals surface area contributed by atoms with Crippen molar-refractivity contribution in [3.63, 3.8) is 0 Å². The lowest BCUT2D eigenvalue weighted by Crippen LogP contribution is -2.29. The summed E-state index contributed by atoms with van der Waals surface area (Å²) in [7, 11) is 2.94. The normalized spacial score (nSPS) is 12.4. The Kier molecular flexibility index (Phi) is 10.4. The highest BCUT2D eigenvalue weighted by molar-refractivity contribution is 6.12. The molecule has 10 heteroatoms. The van der Waals surface area contributed by atoms with Crippen LogP contribution >= 0.6 is 0 Å². The summed E-state index contributed by atoms with van der Waals surface area (Å²) in [6.07, 6.45) is 0.623. The van der Waals surface area contributed by atoms with Gasteiger partial charge in [-0.1, -0.05) is 37.4 Å². The van der Waals surface area contributed by atoms with Crippen LogP contribution < -0.4 is 9.47 Å². The van der Waals surface area contributed by atoms with Crippen molar-refractivity contribution in [3.8, 4) is 11.5 Å². The molecular weight excluding hydrogens is 508 g/mol. The number of fused-ring (bicyclic) bond motifs is 2. The highest BCUT2D eigenvalue weighted by Gasteiger charge is 2.22. The van der Waals surface area contributed by atoms with Crippen LogP contribution in [0.4, 0.5) is 0 Å². The highest BCUT2D eigenvalue weighted by Crippen LogP contribution is 2.43. The molecule has 0 radical (unpaired) electrons. The average molecular weight is 539 g/mol. The lowest BCUT2D eigenvalue weighted by atomic mass is 9.98. The quantitative estimate of drug-likeness (QED) is 0.173. The Morgan fingerprint density at radius 1 is 0.744 bits per heavy atom. The number of aromatic carboxylic acids is 1. The van der Waals surface area contributed by atoms with E-state index in [0.717, 1.165) is 12.2 Å². The molecule has 3 aromatic carbocycles. The van der Waals surface area contributed by atoms with E-state index in [1.54, 1.807) is 18.2 Å². The number of carboxylic acids is 1. The minimum Gasteiger partial charge on any atom is -0.488 e. The SMILES string of the molecule is C=CC(=O)OC(COC)COc1c2ccccc2c(OCC(COC)OC(=O)C=C)c2cc(C(=O)O)ccc12. The monoisotopic (exact) mass is 538 g/mol. The fourth-order valence-electron chi connectivity index (χ4n) is 3.92. The van der Waals surface area contributed by atoms with Gasteiger partial charge in [-0.15, -0.1) is 0 Å². The minimum atomic E-state index is -1.12. The highest BCUT2D eigenvalue weighted by atomic mass is 16.6. The molecule has 1 N–H and O–H groups in total. The zero-order valence-electron chi connectivity index (χ0n) is 21.7. The van der Waals surface area contributed by atoms with Gasteiger partial charge in [0.05, 0.1) is 18.8 Å². The van der Waals surface area contributed by atoms with Crippen LogP contribution in [0.2, 0.25) is 0 Å². The van der Waals surface area contributed by atoms with E-state index in [9.17, 15) is 19.5 Å². The van der Waals surface area contributed by atoms with E-state index in [0.29, 0.717) is 33.0 Å². The zero-order valence-corrected chi connectivity index (χ0v) is 21.7. The first-order chi connectivity index (χ1) is 18.8. The zero-order chi connectivity index (χ0) is 28.4. The summed E-state index contributed by atoms with van der Waals surface area (Å²) in [6, 6.07) is 11.8. The van der Waals surface area contributed by atoms with E-state index in [1.807, 2.05) is 12.1 Å². The van der Waals surface area contributed by atoms with E-state index in [1.165, 1.54) is 26.4 Å². The van der Waals surface area contributed by atoms with Crippen molar-refractivity contribution in [2.45, 2.75) is 12.2 Å². The Bertz CT molecular complexity index is 1360. The summed E-state index contributed by atoms with van der Waals surface area (Å²) in [4.78, 5) is 35.3. The van der Waals surface area contributed by atoms with Gasteiger partial charge in [0.25, 0.3) is 0 Å². The molecule has 0 saturated carbocycles. The molecule has 10 nitrogen and oxygen atoms in total. The van der Waals surface area contributed by atoms with Crippen molar-refractivity contribution < 1.29 is 47.9 Å². The molecule has 0 fully saturated rings. The lowest BCUT2D eigenvalue weighted by Gasteiger charge is -2.22. The molecule has 206 valence electrons. The van der Waals surface area contributed by atoms with E-state index >= 15 is 0 Å². The molecule has 0 heterocycles. The molecule has 2 atom stereocenters. The van der Waals surface area contributed by atoms with Crippen LogP contribution in [0, 0.1) is 0 Å². The van der Waals surface area contributed by atoms with Crippen molar-refractivity contribution in [1.29, 1.82) is 0 Å². The maximum absolute atomic E-state index is 11.8. The Morgan fingerprint density at radius 3 is 1.64 bits per heavy atom. The summed E-state index contributed by atoms with van der Waals surface area (Å²) in [6.45, 7) is 6.86. The van der Waals surface area contributed by atoms with E-state index in [2.05, 4.69) is 13.2 Å². The summed E-state index contributed by atoms with van der Waals surface area (Å²) >= 11 is 0. The molecule has 0 aromatic heterocycles. The Morgan fingerprint density at radius 2 is 1.21 bits per heavy atom. The second-order valence-corrected chi connectivity index (χ2v) is 8.33. The van der Waals surface area contributed by atoms with Crippen LogP contribution in [0.15, 0.2) is 67.8 Å². The first-order valence-corrected chi connectivity index (χ1v) is 11.9. The van der Waals surface area contributed by atoms with Gasteiger partial charge >= 0.3 is 17.9 Å². The van der Waals surface area contributed by atoms with Gasteiger partial charge < -0.3 is 33.5 Å². The van der Waals surface area contributed by atoms with Crippen LogP contribution in [-0.4, -0.2) is 75.9 Å². The predicted octanol–water partition coefficient (Wildman–Crippen LogP) is 3.94. The third-order valence-electron chi connectivity index (χ3n) is 5.60. The molecule has 0 amide bonds. The molecule has 2 unspecified atom stereocenters. The third-order valence-corrected chi connectivity index (χ3v) is 5.60. The van der Waals surface area contributed by atoms with Crippen LogP contribution in [0.3, 0.4) is 0 Å². The molecule has 0 spiro atoms. The van der Waals surface area contributed by atoms with Gasteiger partial charge in [0.2, 0.25) is 0 Å². The molecule has 0 bridgehead atoms. The van der Waals surface area contributed by atoms with Gasteiger partial charge in [-0.2, -0.15) is 0 Å². The van der Waals surface area contributed by atoms with Crippen molar-refractivity contribution in [2.75, 3.05) is 40.6 Å². The standard InChI is InChI=1S/C29H30O10/c1-5-25(30)38-19(14-34-3)16-36-27-21-9-7-8-10-22(21)28(24-13-18(29(32)33)11-12-23(24)27)37-17-20(15-35-4)39-26(31)6-2/h5-13,19-20H,1-2,14-17H2,3-4H3,(H,32,33). The van der Waals surface area contributed by atoms with E-state index < -0.39 is 30.1 Å². The van der Waals surface area contributed by atoms with Crippen LogP contribution in [-0.2, 0) is 28.5 Å². The lowest BCUT2D eigenvalue weighted by molar-refractivity contribution is -0.148. The smallest absolute Gasteiger partial charge is 0.335 e. The molecule has 3 rings (SSSR count). The maximum Gasteiger partial charge on any atom is 0.335 e. The second-order valence-electron chi connectivity index (χ2n) is 8.33. The molecule has 0 aliphatic carbocycles. The van der Waals surface area contributed by atoms with Gasteiger partial charge in [-0.25, -0.2) is 14.4 Å². The van der Waals surface area contributed by atoms with E-state index in [4.69, 9.17) is 28.4 Å². The van der Waals surface area contributed by atoms with Crippen molar-refractivity contribution >= 4 is 39.5 Å². The third kappa shape index (κ3) is 7.34. The number of methoxy groups -OCH3 is 2. The molecule has 39 heavy (non-hydrogen) atoms. The number of carbonyl (C=O) groups excluding carboxylic acids is 2. The average Bonchev–Trinajstić information content (AvgIpc) is 2.94. The Balaban J connectivity index is 2.11. The van der Waals surface area contributed by atoms with Gasteiger partial charge in [0.15, 0.2) is 12.2 Å². The predicted molar refractivity (Wildman–Crippen MR) is 143 cm³/mol. The fraction of sp³-hybridized carbons (Fsp3) is 0.276. The largest absolute Gasteiger partial charge is 0.488 e. The summed E-state index contributed by atoms with van der Waals surface area (Å²) in [5.74, 6) is -1.55. The van der Waals surface area contributed by atoms with Gasteiger partial charge in [0, 0.05) is 47.9 Å². The topological polar surface area (TPSA) is 127 Å². The van der Waals surface area contributed by atoms with Crippen LogP contribution in [0.25, 0.3) is 21.5 Å². The summed E-state index contributed by atoms with van der Waals surface area (Å²) < 4.78 is 33.3. The first-order valence-electron chi connectivity index (χ1n) is 11.9. The minimum absolute atomic E-state index is 0.0391. The molecule has 0 aliphatic rings.